The molecule has 1 N–H and O–H groups in total. The van der Waals surface area contributed by atoms with Crippen LogP contribution in [-0.2, 0) is 9.47 Å². The number of nitrogens with one attached hydrogen (secondary N) is 1. The van der Waals surface area contributed by atoms with Gasteiger partial charge in [-0.05, 0) is 26.0 Å². The zero-order valence-electron chi connectivity index (χ0n) is 17.5. The predicted octanol–water partition coefficient (Wildman–Crippen LogP) is 2.79. The lowest BCUT2D eigenvalue weighted by atomic mass is 10.1. The highest BCUT2D eigenvalue weighted by Crippen LogP contribution is 2.31. The fraction of sp³-hybridized carbons (Fsp3) is 0.429. The van der Waals surface area contributed by atoms with Gasteiger partial charge >= 0.3 is 0 Å². The van der Waals surface area contributed by atoms with E-state index in [0.29, 0.717) is 18.3 Å². The molecule has 0 aromatic carbocycles. The zero-order valence-corrected chi connectivity index (χ0v) is 17.5. The van der Waals surface area contributed by atoms with Gasteiger partial charge in [0.2, 0.25) is 5.95 Å². The average Bonchev–Trinajstić information content (AvgIpc) is 3.21. The van der Waals surface area contributed by atoms with Crippen molar-refractivity contribution < 1.29 is 14.0 Å². The minimum absolute atomic E-state index is 0.0723. The van der Waals surface area contributed by atoms with Crippen LogP contribution in [0.2, 0.25) is 0 Å². The molecule has 9 heteroatoms. The molecule has 1 atom stereocenters. The van der Waals surface area contributed by atoms with Gasteiger partial charge in [0.05, 0.1) is 36.8 Å². The van der Waals surface area contributed by atoms with Gasteiger partial charge in [0.25, 0.3) is 0 Å². The molecule has 1 fully saturated rings. The predicted molar refractivity (Wildman–Crippen MR) is 113 cm³/mol. The van der Waals surface area contributed by atoms with E-state index in [2.05, 4.69) is 25.3 Å². The molecule has 3 aromatic heterocycles. The number of pyridine rings is 1. The number of aromatic nitrogens is 4. The molecule has 1 aliphatic heterocycles. The van der Waals surface area contributed by atoms with Crippen LogP contribution in [0.25, 0.3) is 22.6 Å². The molecule has 1 unspecified atom stereocenters. The lowest BCUT2D eigenvalue weighted by Crippen LogP contribution is -2.36. The molecule has 0 saturated carbocycles. The summed E-state index contributed by atoms with van der Waals surface area (Å²) in [5.41, 5.74) is 3.17. The standard InChI is InChI=1S/C21H26N6O3/c1-14-10-18(30-26-14)17-12-23-21(24-15(2)13-28-3)25-20(17)16-4-5-19(22-11-16)27-6-8-29-9-7-27/h4-5,10-12,15H,6-9,13H2,1-3H3,(H,23,24,25). The van der Waals surface area contributed by atoms with Gasteiger partial charge in [-0.3, -0.25) is 0 Å². The highest BCUT2D eigenvalue weighted by molar-refractivity contribution is 5.78. The van der Waals surface area contributed by atoms with Gasteiger partial charge in [-0.2, -0.15) is 0 Å². The number of morpholine rings is 1. The van der Waals surface area contributed by atoms with E-state index in [0.717, 1.165) is 54.6 Å². The Hall–Kier alpha value is -3.04. The van der Waals surface area contributed by atoms with Crippen LogP contribution in [0.15, 0.2) is 35.1 Å². The van der Waals surface area contributed by atoms with E-state index >= 15 is 0 Å². The summed E-state index contributed by atoms with van der Waals surface area (Å²) in [6.45, 7) is 7.57. The highest BCUT2D eigenvalue weighted by Gasteiger charge is 2.18. The molecule has 3 aromatic rings. The van der Waals surface area contributed by atoms with Crippen molar-refractivity contribution in [3.63, 3.8) is 0 Å². The van der Waals surface area contributed by atoms with E-state index in [4.69, 9.17) is 19.0 Å². The van der Waals surface area contributed by atoms with Crippen LogP contribution in [0, 0.1) is 6.92 Å². The molecule has 0 aliphatic carbocycles. The van der Waals surface area contributed by atoms with Crippen molar-refractivity contribution in [2.75, 3.05) is 50.2 Å². The maximum absolute atomic E-state index is 5.48. The zero-order chi connectivity index (χ0) is 20.9. The van der Waals surface area contributed by atoms with E-state index in [1.807, 2.05) is 38.2 Å². The number of nitrogens with zero attached hydrogens (tertiary/aromatic N) is 5. The summed E-state index contributed by atoms with van der Waals surface area (Å²) < 4.78 is 16.1. The first-order valence-corrected chi connectivity index (χ1v) is 9.99. The van der Waals surface area contributed by atoms with Crippen LogP contribution in [0.5, 0.6) is 0 Å². The highest BCUT2D eigenvalue weighted by atomic mass is 16.5. The molecule has 0 amide bonds. The fourth-order valence-electron chi connectivity index (χ4n) is 3.36. The van der Waals surface area contributed by atoms with E-state index in [9.17, 15) is 0 Å². The van der Waals surface area contributed by atoms with Crippen LogP contribution in [-0.4, -0.2) is 66.2 Å². The van der Waals surface area contributed by atoms with Gasteiger partial charge in [0.15, 0.2) is 5.76 Å². The number of hydrogen-bond acceptors (Lipinski definition) is 9. The SMILES string of the molecule is COCC(C)Nc1ncc(-c2cc(C)no2)c(-c2ccc(N3CCOCC3)nc2)n1. The Bertz CT molecular complexity index is 969. The topological polar surface area (TPSA) is 98.4 Å². The minimum Gasteiger partial charge on any atom is -0.383 e. The summed E-state index contributed by atoms with van der Waals surface area (Å²) in [6, 6.07) is 5.98. The molecule has 0 bridgehead atoms. The molecule has 1 aliphatic rings. The van der Waals surface area contributed by atoms with E-state index < -0.39 is 0 Å². The van der Waals surface area contributed by atoms with Gasteiger partial charge < -0.3 is 24.2 Å². The Labute approximate surface area is 175 Å². The summed E-state index contributed by atoms with van der Waals surface area (Å²) in [7, 11) is 1.67. The van der Waals surface area contributed by atoms with E-state index in [-0.39, 0.29) is 6.04 Å². The minimum atomic E-state index is 0.0723. The third kappa shape index (κ3) is 4.58. The van der Waals surface area contributed by atoms with E-state index in [1.54, 1.807) is 13.3 Å². The number of rotatable bonds is 7. The Kier molecular flexibility index (Phi) is 6.20. The molecule has 4 heterocycles. The van der Waals surface area contributed by atoms with Gasteiger partial charge in [0.1, 0.15) is 5.82 Å². The summed E-state index contributed by atoms with van der Waals surface area (Å²) in [4.78, 5) is 16.1. The lowest BCUT2D eigenvalue weighted by Gasteiger charge is -2.27. The van der Waals surface area contributed by atoms with Crippen molar-refractivity contribution >= 4 is 11.8 Å². The lowest BCUT2D eigenvalue weighted by molar-refractivity contribution is 0.122. The number of aryl methyl sites for hydroxylation is 1. The van der Waals surface area contributed by atoms with Gasteiger partial charge in [-0.1, -0.05) is 5.16 Å². The van der Waals surface area contributed by atoms with Crippen LogP contribution < -0.4 is 10.2 Å². The number of anilines is 2. The Morgan fingerprint density at radius 1 is 1.20 bits per heavy atom. The van der Waals surface area contributed by atoms with Crippen LogP contribution in [0.1, 0.15) is 12.6 Å². The van der Waals surface area contributed by atoms with Crippen molar-refractivity contribution in [2.24, 2.45) is 0 Å². The molecule has 4 rings (SSSR count). The van der Waals surface area contributed by atoms with Crippen molar-refractivity contribution in [3.05, 3.63) is 36.3 Å². The number of methoxy groups -OCH3 is 1. The second-order valence-corrected chi connectivity index (χ2v) is 7.29. The van der Waals surface area contributed by atoms with Gasteiger partial charge in [-0.25, -0.2) is 15.0 Å². The number of hydrogen-bond donors (Lipinski definition) is 1. The normalized spacial score (nSPS) is 15.2. The fourth-order valence-corrected chi connectivity index (χ4v) is 3.36. The summed E-state index contributed by atoms with van der Waals surface area (Å²) in [6.07, 6.45) is 3.59. The molecular formula is C21H26N6O3. The first-order valence-electron chi connectivity index (χ1n) is 9.99. The molecule has 0 spiro atoms. The Balaban J connectivity index is 1.67. The average molecular weight is 410 g/mol. The third-order valence-electron chi connectivity index (χ3n) is 4.83. The summed E-state index contributed by atoms with van der Waals surface area (Å²) in [5, 5.41) is 7.27. The second kappa shape index (κ2) is 9.19. The number of ether oxygens (including phenoxy) is 2. The van der Waals surface area contributed by atoms with Crippen molar-refractivity contribution in [3.8, 4) is 22.6 Å². The first-order chi connectivity index (χ1) is 14.6. The molecule has 158 valence electrons. The van der Waals surface area contributed by atoms with Crippen molar-refractivity contribution in [1.82, 2.24) is 20.1 Å². The third-order valence-corrected chi connectivity index (χ3v) is 4.83. The largest absolute Gasteiger partial charge is 0.383 e. The van der Waals surface area contributed by atoms with Crippen LogP contribution in [0.4, 0.5) is 11.8 Å². The molecule has 0 radical (unpaired) electrons. The first kappa shape index (κ1) is 20.2. The Morgan fingerprint density at radius 3 is 2.70 bits per heavy atom. The van der Waals surface area contributed by atoms with Crippen molar-refractivity contribution in [2.45, 2.75) is 19.9 Å². The molecule has 30 heavy (non-hydrogen) atoms. The maximum Gasteiger partial charge on any atom is 0.223 e. The molecular weight excluding hydrogens is 384 g/mol. The van der Waals surface area contributed by atoms with Crippen LogP contribution in [0.3, 0.4) is 0 Å². The van der Waals surface area contributed by atoms with Crippen molar-refractivity contribution in [1.29, 1.82) is 0 Å². The quantitative estimate of drug-likeness (QED) is 0.630. The second-order valence-electron chi connectivity index (χ2n) is 7.29. The van der Waals surface area contributed by atoms with E-state index in [1.165, 1.54) is 0 Å². The molecule has 9 nitrogen and oxygen atoms in total. The smallest absolute Gasteiger partial charge is 0.223 e. The summed E-state index contributed by atoms with van der Waals surface area (Å²) in [5.74, 6) is 2.07. The van der Waals surface area contributed by atoms with Gasteiger partial charge in [-0.15, -0.1) is 0 Å². The van der Waals surface area contributed by atoms with Gasteiger partial charge in [0, 0.05) is 50.3 Å². The molecule has 1 saturated heterocycles. The Morgan fingerprint density at radius 2 is 2.03 bits per heavy atom. The summed E-state index contributed by atoms with van der Waals surface area (Å²) >= 11 is 0. The monoisotopic (exact) mass is 410 g/mol. The van der Waals surface area contributed by atoms with Crippen LogP contribution >= 0.6 is 0 Å². The maximum atomic E-state index is 5.48.